The highest BCUT2D eigenvalue weighted by Crippen LogP contribution is 2.31. The van der Waals surface area contributed by atoms with Crippen molar-refractivity contribution in [3.05, 3.63) is 34.3 Å². The quantitative estimate of drug-likeness (QED) is 0.873. The predicted octanol–water partition coefficient (Wildman–Crippen LogP) is 4.03. The van der Waals surface area contributed by atoms with Gasteiger partial charge in [0, 0.05) is 17.1 Å². The van der Waals surface area contributed by atoms with Gasteiger partial charge in [-0.2, -0.15) is 0 Å². The first kappa shape index (κ1) is 14.7. The van der Waals surface area contributed by atoms with Crippen LogP contribution in [0.2, 0.25) is 0 Å². The summed E-state index contributed by atoms with van der Waals surface area (Å²) in [5.74, 6) is 1.50. The zero-order valence-corrected chi connectivity index (χ0v) is 13.1. The van der Waals surface area contributed by atoms with Crippen molar-refractivity contribution >= 4 is 17.0 Å². The normalized spacial score (nSPS) is 12.0. The summed E-state index contributed by atoms with van der Waals surface area (Å²) in [5.41, 5.74) is 2.05. The van der Waals surface area contributed by atoms with Crippen LogP contribution in [0.1, 0.15) is 30.6 Å². The van der Waals surface area contributed by atoms with Gasteiger partial charge >= 0.3 is 0 Å². The Kier molecular flexibility index (Phi) is 4.84. The highest BCUT2D eigenvalue weighted by atomic mass is 32.1. The first-order valence-corrected chi connectivity index (χ1v) is 7.51. The van der Waals surface area contributed by atoms with E-state index in [0.29, 0.717) is 6.61 Å². The monoisotopic (exact) mass is 292 g/mol. The molecule has 1 aromatic carbocycles. The van der Waals surface area contributed by atoms with Gasteiger partial charge in [-0.3, -0.25) is 0 Å². The van der Waals surface area contributed by atoms with E-state index in [9.17, 15) is 0 Å². The number of aryl methyl sites for hydroxylation is 1. The Labute approximate surface area is 123 Å². The third kappa shape index (κ3) is 3.42. The largest absolute Gasteiger partial charge is 0.493 e. The van der Waals surface area contributed by atoms with Gasteiger partial charge in [0.15, 0.2) is 11.5 Å². The molecule has 0 radical (unpaired) electrons. The van der Waals surface area contributed by atoms with Gasteiger partial charge in [0.25, 0.3) is 0 Å². The van der Waals surface area contributed by atoms with Gasteiger partial charge < -0.3 is 14.8 Å². The Morgan fingerprint density at radius 1 is 1.35 bits per heavy atom. The molecule has 1 atom stereocenters. The van der Waals surface area contributed by atoms with Crippen molar-refractivity contribution in [1.82, 2.24) is 4.98 Å². The summed E-state index contributed by atoms with van der Waals surface area (Å²) in [7, 11) is 1.65. The van der Waals surface area contributed by atoms with E-state index in [0.717, 1.165) is 27.9 Å². The minimum absolute atomic E-state index is 0.155. The highest BCUT2D eigenvalue weighted by molar-refractivity contribution is 7.09. The number of hydrogen-bond donors (Lipinski definition) is 1. The molecule has 0 aliphatic rings. The zero-order valence-electron chi connectivity index (χ0n) is 12.3. The van der Waals surface area contributed by atoms with Crippen molar-refractivity contribution in [3.8, 4) is 11.5 Å². The van der Waals surface area contributed by atoms with Crippen molar-refractivity contribution in [1.29, 1.82) is 0 Å². The van der Waals surface area contributed by atoms with Crippen LogP contribution in [0.25, 0.3) is 0 Å². The van der Waals surface area contributed by atoms with Crippen molar-refractivity contribution in [2.75, 3.05) is 19.0 Å². The van der Waals surface area contributed by atoms with Crippen LogP contribution >= 0.6 is 11.3 Å². The number of aromatic nitrogens is 1. The average Bonchev–Trinajstić information content (AvgIpc) is 2.87. The standard InChI is InChI=1S/C15H20N2O2S/c1-5-19-14-7-6-12(8-15(14)18-4)16-10(2)13-9-20-11(3)17-13/h6-10,16H,5H2,1-4H3. The molecule has 2 aromatic rings. The smallest absolute Gasteiger partial charge is 0.162 e. The average molecular weight is 292 g/mol. The van der Waals surface area contributed by atoms with Crippen LogP contribution in [0.3, 0.4) is 0 Å². The van der Waals surface area contributed by atoms with Crippen LogP contribution in [-0.4, -0.2) is 18.7 Å². The van der Waals surface area contributed by atoms with Gasteiger partial charge in [-0.25, -0.2) is 4.98 Å². The Morgan fingerprint density at radius 3 is 2.75 bits per heavy atom. The van der Waals surface area contributed by atoms with E-state index in [2.05, 4.69) is 22.6 Å². The molecule has 1 heterocycles. The SMILES string of the molecule is CCOc1ccc(NC(C)c2csc(C)n2)cc1OC. The van der Waals surface area contributed by atoms with E-state index in [1.807, 2.05) is 32.0 Å². The van der Waals surface area contributed by atoms with Gasteiger partial charge in [0.05, 0.1) is 30.5 Å². The van der Waals surface area contributed by atoms with Gasteiger partial charge in [-0.1, -0.05) is 0 Å². The first-order chi connectivity index (χ1) is 9.63. The van der Waals surface area contributed by atoms with Crippen LogP contribution in [0.5, 0.6) is 11.5 Å². The number of rotatable bonds is 6. The second-order valence-corrected chi connectivity index (χ2v) is 5.52. The molecule has 0 saturated carbocycles. The molecular weight excluding hydrogens is 272 g/mol. The lowest BCUT2D eigenvalue weighted by atomic mass is 10.2. The Hall–Kier alpha value is -1.75. The molecule has 5 heteroatoms. The number of methoxy groups -OCH3 is 1. The van der Waals surface area contributed by atoms with Gasteiger partial charge in [0.1, 0.15) is 0 Å². The van der Waals surface area contributed by atoms with E-state index in [1.54, 1.807) is 18.4 Å². The number of anilines is 1. The molecule has 0 fully saturated rings. The number of benzene rings is 1. The fourth-order valence-electron chi connectivity index (χ4n) is 1.94. The number of nitrogens with zero attached hydrogens (tertiary/aromatic N) is 1. The lowest BCUT2D eigenvalue weighted by Crippen LogP contribution is -2.07. The first-order valence-electron chi connectivity index (χ1n) is 6.63. The molecule has 1 N–H and O–H groups in total. The second kappa shape index (κ2) is 6.61. The third-order valence-electron chi connectivity index (χ3n) is 2.93. The maximum atomic E-state index is 5.51. The Bertz CT molecular complexity index is 569. The van der Waals surface area contributed by atoms with Gasteiger partial charge in [0.2, 0.25) is 0 Å². The summed E-state index contributed by atoms with van der Waals surface area (Å²) in [6.45, 7) is 6.69. The van der Waals surface area contributed by atoms with Crippen LogP contribution in [0, 0.1) is 6.92 Å². The molecule has 2 rings (SSSR count). The van der Waals surface area contributed by atoms with Crippen LogP contribution in [0.15, 0.2) is 23.6 Å². The van der Waals surface area contributed by atoms with Gasteiger partial charge in [-0.05, 0) is 32.9 Å². The minimum atomic E-state index is 0.155. The number of thiazole rings is 1. The van der Waals surface area contributed by atoms with E-state index in [1.165, 1.54) is 0 Å². The van der Waals surface area contributed by atoms with Crippen molar-refractivity contribution in [3.63, 3.8) is 0 Å². The number of nitrogens with one attached hydrogen (secondary N) is 1. The van der Waals surface area contributed by atoms with E-state index in [-0.39, 0.29) is 6.04 Å². The van der Waals surface area contributed by atoms with Crippen LogP contribution in [-0.2, 0) is 0 Å². The van der Waals surface area contributed by atoms with Crippen molar-refractivity contribution in [2.24, 2.45) is 0 Å². The zero-order chi connectivity index (χ0) is 14.5. The predicted molar refractivity (Wildman–Crippen MR) is 83.1 cm³/mol. The second-order valence-electron chi connectivity index (χ2n) is 4.46. The van der Waals surface area contributed by atoms with E-state index < -0.39 is 0 Å². The fourth-order valence-corrected chi connectivity index (χ4v) is 2.64. The molecule has 4 nitrogen and oxygen atoms in total. The highest BCUT2D eigenvalue weighted by Gasteiger charge is 2.11. The molecular formula is C15H20N2O2S. The van der Waals surface area contributed by atoms with Crippen LogP contribution in [0.4, 0.5) is 5.69 Å². The maximum absolute atomic E-state index is 5.51. The Morgan fingerprint density at radius 2 is 2.15 bits per heavy atom. The Balaban J connectivity index is 2.13. The molecule has 0 bridgehead atoms. The molecule has 1 aromatic heterocycles. The maximum Gasteiger partial charge on any atom is 0.162 e. The number of ether oxygens (including phenoxy) is 2. The summed E-state index contributed by atoms with van der Waals surface area (Å²) < 4.78 is 10.9. The minimum Gasteiger partial charge on any atom is -0.493 e. The topological polar surface area (TPSA) is 43.4 Å². The molecule has 1 unspecified atom stereocenters. The fraction of sp³-hybridized carbons (Fsp3) is 0.400. The molecule has 0 amide bonds. The summed E-state index contributed by atoms with van der Waals surface area (Å²) in [4.78, 5) is 4.50. The summed E-state index contributed by atoms with van der Waals surface area (Å²) in [6, 6.07) is 6.01. The molecule has 108 valence electrons. The molecule has 0 aliphatic heterocycles. The van der Waals surface area contributed by atoms with Crippen molar-refractivity contribution < 1.29 is 9.47 Å². The molecule has 0 saturated heterocycles. The summed E-state index contributed by atoms with van der Waals surface area (Å²) >= 11 is 1.66. The van der Waals surface area contributed by atoms with Gasteiger partial charge in [-0.15, -0.1) is 11.3 Å². The molecule has 0 spiro atoms. The molecule has 0 aliphatic carbocycles. The summed E-state index contributed by atoms with van der Waals surface area (Å²) in [5, 5.41) is 6.59. The lowest BCUT2D eigenvalue weighted by molar-refractivity contribution is 0.311. The van der Waals surface area contributed by atoms with E-state index in [4.69, 9.17) is 9.47 Å². The third-order valence-corrected chi connectivity index (χ3v) is 3.72. The number of hydrogen-bond acceptors (Lipinski definition) is 5. The lowest BCUT2D eigenvalue weighted by Gasteiger charge is -2.15. The van der Waals surface area contributed by atoms with E-state index >= 15 is 0 Å². The summed E-state index contributed by atoms with van der Waals surface area (Å²) in [6.07, 6.45) is 0. The van der Waals surface area contributed by atoms with Crippen molar-refractivity contribution in [2.45, 2.75) is 26.8 Å². The van der Waals surface area contributed by atoms with Crippen LogP contribution < -0.4 is 14.8 Å². The molecule has 20 heavy (non-hydrogen) atoms.